The molecule has 0 radical (unpaired) electrons. The zero-order valence-corrected chi connectivity index (χ0v) is 20.0. The molecule has 0 spiro atoms. The van der Waals surface area contributed by atoms with E-state index in [1.54, 1.807) is 0 Å². The Balaban J connectivity index is 0.00000300. The maximum atomic E-state index is 4.65. The highest BCUT2D eigenvalue weighted by molar-refractivity contribution is 14.0. The largest absolute Gasteiger partial charge is 0.356 e. The van der Waals surface area contributed by atoms with Crippen molar-refractivity contribution in [3.05, 3.63) is 59.8 Å². The maximum absolute atomic E-state index is 4.65. The summed E-state index contributed by atoms with van der Waals surface area (Å²) in [6, 6.07) is 14.7. The van der Waals surface area contributed by atoms with E-state index in [1.807, 2.05) is 19.3 Å². The molecule has 1 atom stereocenters. The van der Waals surface area contributed by atoms with Crippen LogP contribution in [0.15, 0.2) is 53.7 Å². The maximum Gasteiger partial charge on any atom is 0.191 e. The standard InChI is InChI=1S/C22H32N6.HI/c1-18(19-8-5-4-6-9-19)16-25-22(23-2)26-17-20-10-7-11-24-21(20)28-14-12-27(3)13-15-28;/h4-11,18H,12-17H2,1-3H3,(H2,23,25,26);1H. The fourth-order valence-electron chi connectivity index (χ4n) is 3.42. The molecular formula is C22H33IN6. The molecule has 2 aromatic rings. The van der Waals surface area contributed by atoms with Gasteiger partial charge in [-0.1, -0.05) is 43.3 Å². The van der Waals surface area contributed by atoms with Crippen LogP contribution in [0.5, 0.6) is 0 Å². The van der Waals surface area contributed by atoms with E-state index < -0.39 is 0 Å². The summed E-state index contributed by atoms with van der Waals surface area (Å²) in [6.07, 6.45) is 1.88. The molecule has 1 saturated heterocycles. The van der Waals surface area contributed by atoms with E-state index in [0.29, 0.717) is 12.5 Å². The first-order chi connectivity index (χ1) is 13.7. The minimum atomic E-state index is 0. The van der Waals surface area contributed by atoms with Gasteiger partial charge in [-0.3, -0.25) is 4.99 Å². The number of aromatic nitrogens is 1. The van der Waals surface area contributed by atoms with E-state index in [4.69, 9.17) is 0 Å². The molecule has 0 bridgehead atoms. The number of rotatable bonds is 6. The smallest absolute Gasteiger partial charge is 0.191 e. The van der Waals surface area contributed by atoms with E-state index in [9.17, 15) is 0 Å². The van der Waals surface area contributed by atoms with Gasteiger partial charge in [-0.2, -0.15) is 0 Å². The van der Waals surface area contributed by atoms with Crippen LogP contribution in [0, 0.1) is 0 Å². The Kier molecular flexibility index (Phi) is 9.66. The van der Waals surface area contributed by atoms with Crippen LogP contribution in [0.1, 0.15) is 24.0 Å². The molecule has 1 aromatic heterocycles. The predicted molar refractivity (Wildman–Crippen MR) is 132 cm³/mol. The van der Waals surface area contributed by atoms with Crippen molar-refractivity contribution in [2.45, 2.75) is 19.4 Å². The molecule has 1 aliphatic rings. The van der Waals surface area contributed by atoms with Gasteiger partial charge in [-0.15, -0.1) is 24.0 Å². The van der Waals surface area contributed by atoms with Gasteiger partial charge in [0.15, 0.2) is 5.96 Å². The highest BCUT2D eigenvalue weighted by Crippen LogP contribution is 2.18. The average molecular weight is 508 g/mol. The summed E-state index contributed by atoms with van der Waals surface area (Å²) < 4.78 is 0. The molecule has 2 N–H and O–H groups in total. The van der Waals surface area contributed by atoms with Crippen LogP contribution in [0.2, 0.25) is 0 Å². The number of aliphatic imine (C=N–C) groups is 1. The number of likely N-dealkylation sites (N-methyl/N-ethyl adjacent to an activating group) is 1. The van der Waals surface area contributed by atoms with Crippen molar-refractivity contribution in [2.24, 2.45) is 4.99 Å². The zero-order valence-electron chi connectivity index (χ0n) is 17.6. The number of hydrogen-bond donors (Lipinski definition) is 2. The fourth-order valence-corrected chi connectivity index (χ4v) is 3.42. The van der Waals surface area contributed by atoms with Gasteiger partial charge in [0.05, 0.1) is 0 Å². The van der Waals surface area contributed by atoms with Gasteiger partial charge in [-0.25, -0.2) is 4.98 Å². The van der Waals surface area contributed by atoms with Crippen molar-refractivity contribution in [1.82, 2.24) is 20.5 Å². The van der Waals surface area contributed by atoms with E-state index in [-0.39, 0.29) is 24.0 Å². The lowest BCUT2D eigenvalue weighted by atomic mass is 10.0. The minimum Gasteiger partial charge on any atom is -0.356 e. The second-order valence-corrected chi connectivity index (χ2v) is 7.39. The van der Waals surface area contributed by atoms with Crippen molar-refractivity contribution < 1.29 is 0 Å². The number of piperazine rings is 1. The first kappa shape index (κ1) is 23.4. The molecular weight excluding hydrogens is 475 g/mol. The molecule has 29 heavy (non-hydrogen) atoms. The summed E-state index contributed by atoms with van der Waals surface area (Å²) in [5, 5.41) is 6.88. The number of hydrogen-bond acceptors (Lipinski definition) is 4. The summed E-state index contributed by atoms with van der Waals surface area (Å²) >= 11 is 0. The average Bonchev–Trinajstić information content (AvgIpc) is 2.75. The number of pyridine rings is 1. The lowest BCUT2D eigenvalue weighted by Crippen LogP contribution is -2.45. The summed E-state index contributed by atoms with van der Waals surface area (Å²) in [5.74, 6) is 2.31. The topological polar surface area (TPSA) is 55.8 Å². The molecule has 7 heteroatoms. The van der Waals surface area contributed by atoms with Gasteiger partial charge in [0.2, 0.25) is 0 Å². The van der Waals surface area contributed by atoms with Crippen LogP contribution in [0.25, 0.3) is 0 Å². The Morgan fingerprint density at radius 2 is 1.79 bits per heavy atom. The molecule has 6 nitrogen and oxygen atoms in total. The van der Waals surface area contributed by atoms with Gasteiger partial charge in [0.25, 0.3) is 0 Å². The number of anilines is 1. The highest BCUT2D eigenvalue weighted by Gasteiger charge is 2.18. The molecule has 3 rings (SSSR count). The summed E-state index contributed by atoms with van der Waals surface area (Å²) in [5.41, 5.74) is 2.53. The number of nitrogens with zero attached hydrogens (tertiary/aromatic N) is 4. The first-order valence-electron chi connectivity index (χ1n) is 10.0. The van der Waals surface area contributed by atoms with E-state index in [0.717, 1.165) is 44.5 Å². The number of nitrogens with one attached hydrogen (secondary N) is 2. The van der Waals surface area contributed by atoms with Crippen molar-refractivity contribution in [3.8, 4) is 0 Å². The second kappa shape index (κ2) is 12.0. The second-order valence-electron chi connectivity index (χ2n) is 7.39. The molecule has 1 aliphatic heterocycles. The third kappa shape index (κ3) is 6.85. The normalized spacial score (nSPS) is 16.1. The quantitative estimate of drug-likeness (QED) is 0.357. The van der Waals surface area contributed by atoms with Gasteiger partial charge in [0.1, 0.15) is 5.82 Å². The first-order valence-corrected chi connectivity index (χ1v) is 10.0. The summed E-state index contributed by atoms with van der Waals surface area (Å²) in [6.45, 7) is 7.94. The molecule has 2 heterocycles. The summed E-state index contributed by atoms with van der Waals surface area (Å²) in [7, 11) is 3.98. The lowest BCUT2D eigenvalue weighted by molar-refractivity contribution is 0.312. The van der Waals surface area contributed by atoms with Crippen LogP contribution in [-0.2, 0) is 6.54 Å². The van der Waals surface area contributed by atoms with E-state index in [2.05, 4.69) is 80.8 Å². The van der Waals surface area contributed by atoms with Crippen molar-refractivity contribution in [2.75, 3.05) is 51.7 Å². The third-order valence-electron chi connectivity index (χ3n) is 5.28. The van der Waals surface area contributed by atoms with Crippen LogP contribution in [0.3, 0.4) is 0 Å². The van der Waals surface area contributed by atoms with Gasteiger partial charge >= 0.3 is 0 Å². The Hall–Kier alpha value is -1.87. The van der Waals surface area contributed by atoms with Gasteiger partial charge in [0, 0.05) is 58.1 Å². The molecule has 0 saturated carbocycles. The Morgan fingerprint density at radius 3 is 2.48 bits per heavy atom. The van der Waals surface area contributed by atoms with Crippen molar-refractivity contribution in [3.63, 3.8) is 0 Å². The summed E-state index contributed by atoms with van der Waals surface area (Å²) in [4.78, 5) is 13.8. The minimum absolute atomic E-state index is 0. The number of guanidine groups is 1. The number of halogens is 1. The number of benzene rings is 1. The van der Waals surface area contributed by atoms with Crippen molar-refractivity contribution >= 4 is 35.8 Å². The van der Waals surface area contributed by atoms with E-state index >= 15 is 0 Å². The molecule has 158 valence electrons. The molecule has 0 amide bonds. The Labute approximate surface area is 191 Å². The lowest BCUT2D eigenvalue weighted by Gasteiger charge is -2.34. The van der Waals surface area contributed by atoms with Gasteiger partial charge in [-0.05, 0) is 24.6 Å². The van der Waals surface area contributed by atoms with Crippen LogP contribution < -0.4 is 15.5 Å². The Bertz CT molecular complexity index is 759. The predicted octanol–water partition coefficient (Wildman–Crippen LogP) is 2.92. The zero-order chi connectivity index (χ0) is 19.8. The fraction of sp³-hybridized carbons (Fsp3) is 0.455. The monoisotopic (exact) mass is 508 g/mol. The van der Waals surface area contributed by atoms with Crippen LogP contribution in [0.4, 0.5) is 5.82 Å². The highest BCUT2D eigenvalue weighted by atomic mass is 127. The van der Waals surface area contributed by atoms with Gasteiger partial charge < -0.3 is 20.4 Å². The van der Waals surface area contributed by atoms with Crippen LogP contribution in [-0.4, -0.2) is 62.7 Å². The SMILES string of the molecule is CN=C(NCc1cccnc1N1CCN(C)CC1)NCC(C)c1ccccc1.I. The third-order valence-corrected chi connectivity index (χ3v) is 5.28. The molecule has 1 aromatic carbocycles. The molecule has 0 aliphatic carbocycles. The van der Waals surface area contributed by atoms with Crippen LogP contribution >= 0.6 is 24.0 Å². The van der Waals surface area contributed by atoms with E-state index in [1.165, 1.54) is 11.1 Å². The molecule has 1 unspecified atom stereocenters. The van der Waals surface area contributed by atoms with Crippen molar-refractivity contribution in [1.29, 1.82) is 0 Å². The molecule has 1 fully saturated rings. The Morgan fingerprint density at radius 1 is 1.07 bits per heavy atom.